The normalized spacial score (nSPS) is 19.2. The molecule has 6 heteroatoms. The van der Waals surface area contributed by atoms with Crippen LogP contribution in [0.2, 0.25) is 0 Å². The summed E-state index contributed by atoms with van der Waals surface area (Å²) in [5.41, 5.74) is 4.54. The fourth-order valence-electron chi connectivity index (χ4n) is 3.98. The van der Waals surface area contributed by atoms with Crippen molar-refractivity contribution < 1.29 is 4.74 Å². The Morgan fingerprint density at radius 3 is 2.68 bits per heavy atom. The van der Waals surface area contributed by atoms with Crippen LogP contribution in [0.3, 0.4) is 0 Å². The van der Waals surface area contributed by atoms with Crippen LogP contribution in [0.1, 0.15) is 35.8 Å². The first-order valence-electron chi connectivity index (χ1n) is 11.0. The van der Waals surface area contributed by atoms with E-state index in [1.807, 2.05) is 47.3 Å². The minimum absolute atomic E-state index is 0.126. The van der Waals surface area contributed by atoms with Gasteiger partial charge in [0.1, 0.15) is 0 Å². The maximum atomic E-state index is 6.14. The molecule has 0 radical (unpaired) electrons. The third-order valence-corrected chi connectivity index (χ3v) is 5.71. The molecule has 0 spiro atoms. The molecule has 2 aromatic carbocycles. The highest BCUT2D eigenvalue weighted by Crippen LogP contribution is 2.33. The minimum atomic E-state index is 0.126. The quantitative estimate of drug-likeness (QED) is 0.470. The Morgan fingerprint density at radius 2 is 1.90 bits per heavy atom. The van der Waals surface area contributed by atoms with Crippen molar-refractivity contribution in [2.75, 3.05) is 20.2 Å². The molecule has 0 saturated carbocycles. The zero-order valence-electron chi connectivity index (χ0n) is 18.3. The molecule has 0 aliphatic carbocycles. The van der Waals surface area contributed by atoms with E-state index in [0.717, 1.165) is 43.3 Å². The topological polar surface area (TPSA) is 63.5 Å². The summed E-state index contributed by atoms with van der Waals surface area (Å²) in [5, 5.41) is 11.5. The van der Waals surface area contributed by atoms with Crippen molar-refractivity contribution in [3.05, 3.63) is 83.7 Å². The predicted molar refractivity (Wildman–Crippen MR) is 124 cm³/mol. The molecule has 1 aliphatic rings. The first kappa shape index (κ1) is 21.1. The highest BCUT2D eigenvalue weighted by atomic mass is 16.5. The number of aromatic nitrogens is 2. The lowest BCUT2D eigenvalue weighted by atomic mass is 9.89. The third kappa shape index (κ3) is 5.52. The summed E-state index contributed by atoms with van der Waals surface area (Å²) < 4.78 is 8.03. The number of ether oxygens (including phenoxy) is 1. The molecular formula is C25H31N5O. The Labute approximate surface area is 184 Å². The number of aliphatic imine (C=N–C) groups is 1. The summed E-state index contributed by atoms with van der Waals surface area (Å²) in [5.74, 6) is 1.19. The largest absolute Gasteiger partial charge is 0.373 e. The Kier molecular flexibility index (Phi) is 6.99. The number of rotatable bonds is 6. The van der Waals surface area contributed by atoms with Gasteiger partial charge >= 0.3 is 0 Å². The van der Waals surface area contributed by atoms with Gasteiger partial charge in [0.25, 0.3) is 0 Å². The van der Waals surface area contributed by atoms with Gasteiger partial charge < -0.3 is 15.4 Å². The molecule has 0 amide bonds. The molecular weight excluding hydrogens is 386 g/mol. The second-order valence-corrected chi connectivity index (χ2v) is 8.00. The highest BCUT2D eigenvalue weighted by Gasteiger charge is 2.27. The third-order valence-electron chi connectivity index (χ3n) is 5.71. The number of guanidine groups is 1. The van der Waals surface area contributed by atoms with Crippen LogP contribution >= 0.6 is 0 Å². The van der Waals surface area contributed by atoms with E-state index in [4.69, 9.17) is 4.74 Å². The SMILES string of the molecule is CN=C(NCc1ccn(-c2ccccc2)n1)NCC1CCCOC1c1ccc(C)cc1. The van der Waals surface area contributed by atoms with Gasteiger partial charge in [-0.1, -0.05) is 48.0 Å². The van der Waals surface area contributed by atoms with Crippen molar-refractivity contribution in [2.24, 2.45) is 10.9 Å². The average Bonchev–Trinajstić information content (AvgIpc) is 3.30. The molecule has 1 saturated heterocycles. The van der Waals surface area contributed by atoms with Gasteiger partial charge in [0.15, 0.2) is 5.96 Å². The second kappa shape index (κ2) is 10.3. The van der Waals surface area contributed by atoms with Crippen molar-refractivity contribution in [2.45, 2.75) is 32.4 Å². The summed E-state index contributed by atoms with van der Waals surface area (Å²) in [6.45, 7) is 4.37. The molecule has 1 aliphatic heterocycles. The van der Waals surface area contributed by atoms with E-state index in [0.29, 0.717) is 12.5 Å². The molecule has 162 valence electrons. The van der Waals surface area contributed by atoms with Crippen LogP contribution in [0.15, 0.2) is 71.9 Å². The van der Waals surface area contributed by atoms with Crippen LogP contribution < -0.4 is 10.6 Å². The van der Waals surface area contributed by atoms with Gasteiger partial charge in [-0.05, 0) is 43.5 Å². The summed E-state index contributed by atoms with van der Waals surface area (Å²) in [6.07, 6.45) is 4.34. The smallest absolute Gasteiger partial charge is 0.191 e. The van der Waals surface area contributed by atoms with E-state index < -0.39 is 0 Å². The van der Waals surface area contributed by atoms with Crippen molar-refractivity contribution in [3.63, 3.8) is 0 Å². The number of para-hydroxylation sites is 1. The maximum absolute atomic E-state index is 6.14. The number of aryl methyl sites for hydroxylation is 1. The number of nitrogens with one attached hydrogen (secondary N) is 2. The Bertz CT molecular complexity index is 981. The Morgan fingerprint density at radius 1 is 1.10 bits per heavy atom. The van der Waals surface area contributed by atoms with Gasteiger partial charge in [-0.3, -0.25) is 4.99 Å². The van der Waals surface area contributed by atoms with Crippen molar-refractivity contribution in [1.82, 2.24) is 20.4 Å². The summed E-state index contributed by atoms with van der Waals surface area (Å²) in [6, 6.07) is 20.8. The van der Waals surface area contributed by atoms with E-state index in [1.165, 1.54) is 11.1 Å². The molecule has 2 N–H and O–H groups in total. The first-order valence-corrected chi connectivity index (χ1v) is 11.0. The predicted octanol–water partition coefficient (Wildman–Crippen LogP) is 4.01. The summed E-state index contributed by atoms with van der Waals surface area (Å²) in [7, 11) is 1.80. The lowest BCUT2D eigenvalue weighted by Crippen LogP contribution is -2.41. The van der Waals surface area contributed by atoms with Gasteiger partial charge in [-0.15, -0.1) is 0 Å². The molecule has 2 heterocycles. The molecule has 31 heavy (non-hydrogen) atoms. The van der Waals surface area contributed by atoms with Gasteiger partial charge in [-0.2, -0.15) is 5.10 Å². The fourth-order valence-corrected chi connectivity index (χ4v) is 3.98. The second-order valence-electron chi connectivity index (χ2n) is 8.00. The summed E-state index contributed by atoms with van der Waals surface area (Å²) >= 11 is 0. The minimum Gasteiger partial charge on any atom is -0.373 e. The van der Waals surface area contributed by atoms with Crippen LogP contribution in [-0.4, -0.2) is 35.9 Å². The van der Waals surface area contributed by atoms with E-state index in [-0.39, 0.29) is 6.10 Å². The van der Waals surface area contributed by atoms with E-state index in [9.17, 15) is 0 Å². The molecule has 2 unspecified atom stereocenters. The average molecular weight is 418 g/mol. The molecule has 1 aromatic heterocycles. The van der Waals surface area contributed by atoms with Crippen LogP contribution in [0.25, 0.3) is 5.69 Å². The van der Waals surface area contributed by atoms with Crippen LogP contribution in [0, 0.1) is 12.8 Å². The van der Waals surface area contributed by atoms with E-state index in [1.54, 1.807) is 7.05 Å². The van der Waals surface area contributed by atoms with E-state index >= 15 is 0 Å². The van der Waals surface area contributed by atoms with Crippen LogP contribution in [-0.2, 0) is 11.3 Å². The number of hydrogen-bond acceptors (Lipinski definition) is 3. The standard InChI is InChI=1S/C25H31N5O/c1-19-10-12-20(13-11-19)24-21(7-6-16-31-24)17-27-25(26-2)28-18-22-14-15-30(29-22)23-8-4-3-5-9-23/h3-5,8-15,21,24H,6-7,16-18H2,1-2H3,(H2,26,27,28). The number of hydrogen-bond donors (Lipinski definition) is 2. The van der Waals surface area contributed by atoms with Crippen molar-refractivity contribution in [3.8, 4) is 5.69 Å². The maximum Gasteiger partial charge on any atom is 0.191 e. The highest BCUT2D eigenvalue weighted by molar-refractivity contribution is 5.79. The lowest BCUT2D eigenvalue weighted by molar-refractivity contribution is -0.0265. The zero-order valence-corrected chi connectivity index (χ0v) is 18.3. The molecule has 2 atom stereocenters. The number of nitrogens with zero attached hydrogens (tertiary/aromatic N) is 3. The molecule has 4 rings (SSSR count). The fraction of sp³-hybridized carbons (Fsp3) is 0.360. The van der Waals surface area contributed by atoms with Gasteiger partial charge in [0, 0.05) is 32.3 Å². The Balaban J connectivity index is 1.32. The van der Waals surface area contributed by atoms with Crippen molar-refractivity contribution in [1.29, 1.82) is 0 Å². The van der Waals surface area contributed by atoms with Gasteiger partial charge in [-0.25, -0.2) is 4.68 Å². The molecule has 1 fully saturated rings. The number of benzene rings is 2. The van der Waals surface area contributed by atoms with Crippen molar-refractivity contribution >= 4 is 5.96 Å². The Hall–Kier alpha value is -3.12. The van der Waals surface area contributed by atoms with Crippen LogP contribution in [0.5, 0.6) is 0 Å². The van der Waals surface area contributed by atoms with Crippen LogP contribution in [0.4, 0.5) is 0 Å². The summed E-state index contributed by atoms with van der Waals surface area (Å²) in [4.78, 5) is 4.38. The first-order chi connectivity index (χ1) is 15.2. The monoisotopic (exact) mass is 417 g/mol. The zero-order chi connectivity index (χ0) is 21.5. The van der Waals surface area contributed by atoms with Gasteiger partial charge in [0.05, 0.1) is 24.0 Å². The lowest BCUT2D eigenvalue weighted by Gasteiger charge is -2.32. The van der Waals surface area contributed by atoms with E-state index in [2.05, 4.69) is 51.9 Å². The molecule has 3 aromatic rings. The van der Waals surface area contributed by atoms with Gasteiger partial charge in [0.2, 0.25) is 0 Å². The molecule has 0 bridgehead atoms. The molecule has 6 nitrogen and oxygen atoms in total.